The van der Waals surface area contributed by atoms with Crippen LogP contribution in [-0.2, 0) is 29.0 Å². The van der Waals surface area contributed by atoms with Gasteiger partial charge in [0.25, 0.3) is 0 Å². The third kappa shape index (κ3) is 5.71. The summed E-state index contributed by atoms with van der Waals surface area (Å²) in [6, 6.07) is 17.5. The Hall–Kier alpha value is -4.20. The van der Waals surface area contributed by atoms with Gasteiger partial charge in [-0.25, -0.2) is 14.2 Å². The van der Waals surface area contributed by atoms with Crippen LogP contribution in [0.15, 0.2) is 66.9 Å². The predicted octanol–water partition coefficient (Wildman–Crippen LogP) is 5.41. The summed E-state index contributed by atoms with van der Waals surface area (Å²) in [6.07, 6.45) is 1.84. The van der Waals surface area contributed by atoms with E-state index in [1.807, 2.05) is 50.2 Å². The monoisotopic (exact) mass is 488 g/mol. The first-order valence-electron chi connectivity index (χ1n) is 11.8. The number of rotatable bonds is 9. The van der Waals surface area contributed by atoms with Gasteiger partial charge in [0, 0.05) is 18.5 Å². The van der Waals surface area contributed by atoms with Gasteiger partial charge >= 0.3 is 5.97 Å². The van der Waals surface area contributed by atoms with Crippen LogP contribution in [0, 0.1) is 11.7 Å². The number of anilines is 2. The van der Waals surface area contributed by atoms with Crippen LogP contribution in [-0.4, -0.2) is 28.5 Å². The molecule has 0 aliphatic carbocycles. The predicted molar refractivity (Wildman–Crippen MR) is 138 cm³/mol. The number of hydrogen-bond acceptors (Lipinski definition) is 5. The molecule has 36 heavy (non-hydrogen) atoms. The number of benzene rings is 2. The number of aromatic nitrogens is 2. The van der Waals surface area contributed by atoms with Gasteiger partial charge in [0.15, 0.2) is 5.69 Å². The molecule has 0 atom stereocenters. The standard InChI is InChI=1S/C28H29FN4O3/c1-18(2)17-33-26(28(35)36-3)25(32-24(34)13-19-7-5-4-6-8-19)23-14-22(16-31-27(23)33)30-15-20-9-11-21(29)12-10-20/h4-12,14,16,18,30H,13,15,17H2,1-3H3,(H,32,34). The topological polar surface area (TPSA) is 85.2 Å². The average Bonchev–Trinajstić information content (AvgIpc) is 3.15. The van der Waals surface area contributed by atoms with E-state index in [0.717, 1.165) is 11.1 Å². The molecule has 1 amide bonds. The molecule has 4 rings (SSSR count). The van der Waals surface area contributed by atoms with Gasteiger partial charge in [0.05, 0.1) is 31.1 Å². The fraction of sp³-hybridized carbons (Fsp3) is 0.250. The van der Waals surface area contributed by atoms with E-state index in [-0.39, 0.29) is 29.8 Å². The molecule has 186 valence electrons. The molecule has 8 heteroatoms. The third-order valence-corrected chi connectivity index (χ3v) is 5.71. The molecule has 0 fully saturated rings. The fourth-order valence-electron chi connectivity index (χ4n) is 4.07. The minimum absolute atomic E-state index is 0.161. The Bertz CT molecular complexity index is 1370. The smallest absolute Gasteiger partial charge is 0.356 e. The number of ether oxygens (including phenoxy) is 1. The van der Waals surface area contributed by atoms with Crippen LogP contribution in [0.3, 0.4) is 0 Å². The van der Waals surface area contributed by atoms with Crippen LogP contribution in [0.5, 0.6) is 0 Å². The molecule has 0 saturated heterocycles. The van der Waals surface area contributed by atoms with E-state index in [1.54, 1.807) is 22.9 Å². The van der Waals surface area contributed by atoms with Crippen molar-refractivity contribution in [2.75, 3.05) is 17.7 Å². The van der Waals surface area contributed by atoms with Gasteiger partial charge in [-0.15, -0.1) is 0 Å². The Morgan fingerprint density at radius 3 is 2.44 bits per heavy atom. The van der Waals surface area contributed by atoms with Crippen LogP contribution in [0.2, 0.25) is 0 Å². The van der Waals surface area contributed by atoms with E-state index in [1.165, 1.54) is 19.2 Å². The minimum Gasteiger partial charge on any atom is -0.464 e. The Kier molecular flexibility index (Phi) is 7.63. The molecule has 0 saturated carbocycles. The number of methoxy groups -OCH3 is 1. The maximum Gasteiger partial charge on any atom is 0.356 e. The number of pyridine rings is 1. The van der Waals surface area contributed by atoms with Crippen LogP contribution in [0.25, 0.3) is 11.0 Å². The summed E-state index contributed by atoms with van der Waals surface area (Å²) in [5.41, 5.74) is 3.66. The Labute approximate surface area is 209 Å². The highest BCUT2D eigenvalue weighted by Gasteiger charge is 2.26. The number of carbonyl (C=O) groups is 2. The fourth-order valence-corrected chi connectivity index (χ4v) is 4.07. The van der Waals surface area contributed by atoms with E-state index in [9.17, 15) is 14.0 Å². The van der Waals surface area contributed by atoms with Gasteiger partial charge < -0.3 is 19.9 Å². The number of esters is 1. The first kappa shape index (κ1) is 24.9. The third-order valence-electron chi connectivity index (χ3n) is 5.71. The van der Waals surface area contributed by atoms with Gasteiger partial charge in [0.2, 0.25) is 5.91 Å². The number of halogens is 1. The number of fused-ring (bicyclic) bond motifs is 1. The summed E-state index contributed by atoms with van der Waals surface area (Å²) in [5, 5.41) is 6.86. The van der Waals surface area contributed by atoms with Crippen molar-refractivity contribution in [1.29, 1.82) is 0 Å². The summed E-state index contributed by atoms with van der Waals surface area (Å²) < 4.78 is 20.1. The lowest BCUT2D eigenvalue weighted by Crippen LogP contribution is -2.19. The molecular formula is C28H29FN4O3. The zero-order valence-electron chi connectivity index (χ0n) is 20.5. The zero-order valence-corrected chi connectivity index (χ0v) is 20.5. The van der Waals surface area contributed by atoms with E-state index in [0.29, 0.717) is 35.5 Å². The van der Waals surface area contributed by atoms with Gasteiger partial charge in [-0.1, -0.05) is 56.3 Å². The highest BCUT2D eigenvalue weighted by molar-refractivity contribution is 6.11. The summed E-state index contributed by atoms with van der Waals surface area (Å²) in [7, 11) is 1.32. The lowest BCUT2D eigenvalue weighted by molar-refractivity contribution is -0.115. The normalized spacial score (nSPS) is 11.0. The Morgan fingerprint density at radius 1 is 1.06 bits per heavy atom. The molecule has 2 aromatic carbocycles. The van der Waals surface area contributed by atoms with Crippen molar-refractivity contribution in [2.24, 2.45) is 5.92 Å². The molecule has 0 unspecified atom stereocenters. The number of nitrogens with zero attached hydrogens (tertiary/aromatic N) is 2. The lowest BCUT2D eigenvalue weighted by atomic mass is 10.1. The van der Waals surface area contributed by atoms with E-state index in [4.69, 9.17) is 4.74 Å². The Balaban J connectivity index is 1.73. The van der Waals surface area contributed by atoms with Gasteiger partial charge in [-0.05, 0) is 35.2 Å². The second kappa shape index (κ2) is 11.0. The lowest BCUT2D eigenvalue weighted by Gasteiger charge is -2.12. The summed E-state index contributed by atoms with van der Waals surface area (Å²) in [4.78, 5) is 30.5. The first-order valence-corrected chi connectivity index (χ1v) is 11.8. The molecule has 7 nitrogen and oxygen atoms in total. The summed E-state index contributed by atoms with van der Waals surface area (Å²) in [6.45, 7) is 5.06. The molecule has 0 spiro atoms. The van der Waals surface area contributed by atoms with Crippen molar-refractivity contribution in [3.63, 3.8) is 0 Å². The average molecular weight is 489 g/mol. The summed E-state index contributed by atoms with van der Waals surface area (Å²) in [5.74, 6) is -0.876. The minimum atomic E-state index is -0.551. The molecule has 0 aliphatic heterocycles. The molecule has 4 aromatic rings. The number of nitrogens with one attached hydrogen (secondary N) is 2. The van der Waals surface area contributed by atoms with Gasteiger partial charge in [-0.2, -0.15) is 0 Å². The van der Waals surface area contributed by atoms with Crippen LogP contribution >= 0.6 is 0 Å². The molecule has 2 aromatic heterocycles. The van der Waals surface area contributed by atoms with Crippen LogP contribution in [0.4, 0.5) is 15.8 Å². The number of amides is 1. The van der Waals surface area contributed by atoms with E-state index >= 15 is 0 Å². The van der Waals surface area contributed by atoms with E-state index < -0.39 is 5.97 Å². The molecular weight excluding hydrogens is 459 g/mol. The van der Waals surface area contributed by atoms with Crippen molar-refractivity contribution >= 4 is 34.3 Å². The maximum atomic E-state index is 13.2. The molecule has 0 bridgehead atoms. The van der Waals surface area contributed by atoms with Crippen LogP contribution in [0.1, 0.15) is 35.5 Å². The van der Waals surface area contributed by atoms with Crippen molar-refractivity contribution in [3.05, 3.63) is 89.5 Å². The van der Waals surface area contributed by atoms with Crippen molar-refractivity contribution < 1.29 is 18.7 Å². The first-order chi connectivity index (χ1) is 17.4. The zero-order chi connectivity index (χ0) is 25.7. The number of hydrogen-bond donors (Lipinski definition) is 2. The molecule has 2 N–H and O–H groups in total. The van der Waals surface area contributed by atoms with Crippen molar-refractivity contribution in [2.45, 2.75) is 33.4 Å². The van der Waals surface area contributed by atoms with Crippen molar-refractivity contribution in [1.82, 2.24) is 9.55 Å². The largest absolute Gasteiger partial charge is 0.464 e. The second-order valence-electron chi connectivity index (χ2n) is 9.01. The van der Waals surface area contributed by atoms with Gasteiger partial charge in [-0.3, -0.25) is 4.79 Å². The molecule has 0 aliphatic rings. The molecule has 0 radical (unpaired) electrons. The maximum absolute atomic E-state index is 13.2. The van der Waals surface area contributed by atoms with E-state index in [2.05, 4.69) is 15.6 Å². The molecule has 2 heterocycles. The SMILES string of the molecule is COC(=O)c1c(NC(=O)Cc2ccccc2)c2cc(NCc3ccc(F)cc3)cnc2n1CC(C)C. The van der Waals surface area contributed by atoms with Crippen LogP contribution < -0.4 is 10.6 Å². The number of carbonyl (C=O) groups excluding carboxylic acids is 2. The summed E-state index contributed by atoms with van der Waals surface area (Å²) >= 11 is 0. The highest BCUT2D eigenvalue weighted by Crippen LogP contribution is 2.33. The Morgan fingerprint density at radius 2 is 1.78 bits per heavy atom. The van der Waals surface area contributed by atoms with Crippen molar-refractivity contribution in [3.8, 4) is 0 Å². The highest BCUT2D eigenvalue weighted by atomic mass is 19.1. The quantitative estimate of drug-likeness (QED) is 0.308. The second-order valence-corrected chi connectivity index (χ2v) is 9.01. The van der Waals surface area contributed by atoms with Gasteiger partial charge in [0.1, 0.15) is 11.5 Å².